The molecule has 1 amide bonds. The number of likely N-dealkylation sites (N-methyl/N-ethyl adjacent to an activating group) is 1. The highest BCUT2D eigenvalue weighted by Crippen LogP contribution is 2.06. The van der Waals surface area contributed by atoms with Gasteiger partial charge < -0.3 is 4.90 Å². The molecule has 1 rings (SSSR count). The van der Waals surface area contributed by atoms with Crippen LogP contribution < -0.4 is 0 Å². The number of hydrogen-bond donors (Lipinski definition) is 0. The van der Waals surface area contributed by atoms with E-state index >= 15 is 0 Å². The lowest BCUT2D eigenvalue weighted by atomic mass is 10.1. The maximum Gasteiger partial charge on any atom is 0.226 e. The van der Waals surface area contributed by atoms with Gasteiger partial charge in [-0.05, 0) is 12.5 Å². The minimum atomic E-state index is 0.112. The summed E-state index contributed by atoms with van der Waals surface area (Å²) in [5.74, 6) is 0.594. The Hall–Kier alpha value is -1.02. The average molecular weight is 226 g/mol. The molecule has 2 nitrogen and oxygen atoms in total. The molecule has 0 N–H and O–H groups in total. The van der Waals surface area contributed by atoms with Crippen molar-refractivity contribution in [1.82, 2.24) is 4.90 Å². The fourth-order valence-electron chi connectivity index (χ4n) is 1.38. The van der Waals surface area contributed by atoms with E-state index in [1.807, 2.05) is 31.2 Å². The van der Waals surface area contributed by atoms with E-state index < -0.39 is 0 Å². The summed E-state index contributed by atoms with van der Waals surface area (Å²) >= 11 is 5.57. The topological polar surface area (TPSA) is 20.3 Å². The smallest absolute Gasteiger partial charge is 0.226 e. The van der Waals surface area contributed by atoms with E-state index in [4.69, 9.17) is 11.6 Å². The number of nitrogens with zero attached hydrogens (tertiary/aromatic N) is 1. The van der Waals surface area contributed by atoms with E-state index in [9.17, 15) is 4.79 Å². The normalized spacial score (nSPS) is 10.1. The van der Waals surface area contributed by atoms with Crippen molar-refractivity contribution in [2.75, 3.05) is 19.5 Å². The fraction of sp³-hybridized carbons (Fsp3) is 0.417. The summed E-state index contributed by atoms with van der Waals surface area (Å²) in [5, 5.41) is 0. The van der Waals surface area contributed by atoms with Gasteiger partial charge in [-0.15, -0.1) is 11.6 Å². The Balaban J connectivity index is 2.58. The first-order valence-corrected chi connectivity index (χ1v) is 5.52. The Kier molecular flexibility index (Phi) is 4.63. The Morgan fingerprint density at radius 3 is 2.80 bits per heavy atom. The standard InChI is InChI=1S/C12H16ClNO/c1-10-4-3-5-11(8-10)9-12(15)14(2)7-6-13/h3-5,8H,6-7,9H2,1-2H3. The van der Waals surface area contributed by atoms with Gasteiger partial charge >= 0.3 is 0 Å². The Morgan fingerprint density at radius 1 is 1.47 bits per heavy atom. The number of aryl methyl sites for hydroxylation is 1. The van der Waals surface area contributed by atoms with Crippen molar-refractivity contribution >= 4 is 17.5 Å². The Bertz CT molecular complexity index is 338. The van der Waals surface area contributed by atoms with Gasteiger partial charge in [-0.1, -0.05) is 29.8 Å². The van der Waals surface area contributed by atoms with Gasteiger partial charge in [0.25, 0.3) is 0 Å². The summed E-state index contributed by atoms with van der Waals surface area (Å²) in [7, 11) is 1.78. The monoisotopic (exact) mass is 225 g/mol. The average Bonchev–Trinajstić information content (AvgIpc) is 2.18. The number of amides is 1. The molecule has 1 aromatic rings. The van der Waals surface area contributed by atoms with Crippen LogP contribution >= 0.6 is 11.6 Å². The number of carbonyl (C=O) groups is 1. The van der Waals surface area contributed by atoms with Crippen LogP contribution in [0.3, 0.4) is 0 Å². The van der Waals surface area contributed by atoms with Gasteiger partial charge in [0.1, 0.15) is 0 Å². The van der Waals surface area contributed by atoms with Crippen LogP contribution in [0.4, 0.5) is 0 Å². The molecule has 15 heavy (non-hydrogen) atoms. The van der Waals surface area contributed by atoms with E-state index in [-0.39, 0.29) is 5.91 Å². The van der Waals surface area contributed by atoms with Crippen LogP contribution in [0.5, 0.6) is 0 Å². The van der Waals surface area contributed by atoms with Crippen molar-refractivity contribution in [3.05, 3.63) is 35.4 Å². The molecule has 0 fully saturated rings. The number of rotatable bonds is 4. The predicted molar refractivity (Wildman–Crippen MR) is 63.2 cm³/mol. The zero-order chi connectivity index (χ0) is 11.3. The maximum absolute atomic E-state index is 11.7. The number of benzene rings is 1. The van der Waals surface area contributed by atoms with Gasteiger partial charge in [-0.2, -0.15) is 0 Å². The summed E-state index contributed by atoms with van der Waals surface area (Å²) in [4.78, 5) is 13.3. The van der Waals surface area contributed by atoms with E-state index in [2.05, 4.69) is 0 Å². The molecule has 0 aliphatic carbocycles. The Morgan fingerprint density at radius 2 is 2.20 bits per heavy atom. The third-order valence-electron chi connectivity index (χ3n) is 2.28. The number of carbonyl (C=O) groups excluding carboxylic acids is 1. The van der Waals surface area contributed by atoms with Crippen molar-refractivity contribution in [2.45, 2.75) is 13.3 Å². The highest BCUT2D eigenvalue weighted by Gasteiger charge is 2.08. The van der Waals surface area contributed by atoms with Crippen LogP contribution in [-0.4, -0.2) is 30.3 Å². The third-order valence-corrected chi connectivity index (χ3v) is 2.45. The quantitative estimate of drug-likeness (QED) is 0.720. The van der Waals surface area contributed by atoms with Crippen LogP contribution in [0.15, 0.2) is 24.3 Å². The fourth-order valence-corrected chi connectivity index (χ4v) is 1.64. The first kappa shape index (κ1) is 12.1. The zero-order valence-corrected chi connectivity index (χ0v) is 9.92. The van der Waals surface area contributed by atoms with Crippen LogP contribution in [-0.2, 0) is 11.2 Å². The molecular formula is C12H16ClNO. The molecule has 0 aliphatic heterocycles. The van der Waals surface area contributed by atoms with Crippen molar-refractivity contribution in [2.24, 2.45) is 0 Å². The van der Waals surface area contributed by atoms with Gasteiger partial charge in [0.2, 0.25) is 5.91 Å². The lowest BCUT2D eigenvalue weighted by Gasteiger charge is -2.15. The third kappa shape index (κ3) is 3.92. The zero-order valence-electron chi connectivity index (χ0n) is 9.16. The predicted octanol–water partition coefficient (Wildman–Crippen LogP) is 2.23. The van der Waals surface area contributed by atoms with Gasteiger partial charge in [-0.25, -0.2) is 0 Å². The van der Waals surface area contributed by atoms with E-state index in [0.717, 1.165) is 5.56 Å². The van der Waals surface area contributed by atoms with Crippen LogP contribution in [0.2, 0.25) is 0 Å². The van der Waals surface area contributed by atoms with Gasteiger partial charge in [-0.3, -0.25) is 4.79 Å². The summed E-state index contributed by atoms with van der Waals surface area (Å²) in [6.07, 6.45) is 0.453. The van der Waals surface area contributed by atoms with Crippen LogP contribution in [0.25, 0.3) is 0 Å². The number of hydrogen-bond acceptors (Lipinski definition) is 1. The molecule has 3 heteroatoms. The lowest BCUT2D eigenvalue weighted by Crippen LogP contribution is -2.29. The first-order chi connectivity index (χ1) is 7.13. The molecule has 82 valence electrons. The molecule has 0 aliphatic rings. The lowest BCUT2D eigenvalue weighted by molar-refractivity contribution is -0.128. The molecule has 0 spiro atoms. The highest BCUT2D eigenvalue weighted by atomic mass is 35.5. The second-order valence-electron chi connectivity index (χ2n) is 3.67. The molecule has 1 aromatic carbocycles. The van der Waals surface area contributed by atoms with Crippen molar-refractivity contribution < 1.29 is 4.79 Å². The summed E-state index contributed by atoms with van der Waals surface area (Å²) in [5.41, 5.74) is 2.24. The minimum absolute atomic E-state index is 0.112. The minimum Gasteiger partial charge on any atom is -0.344 e. The van der Waals surface area contributed by atoms with Gasteiger partial charge in [0, 0.05) is 19.5 Å². The SMILES string of the molecule is Cc1cccc(CC(=O)N(C)CCCl)c1. The van der Waals surface area contributed by atoms with E-state index in [1.54, 1.807) is 11.9 Å². The molecule has 0 radical (unpaired) electrons. The van der Waals surface area contributed by atoms with Gasteiger partial charge in [0.15, 0.2) is 0 Å². The van der Waals surface area contributed by atoms with Gasteiger partial charge in [0.05, 0.1) is 6.42 Å². The highest BCUT2D eigenvalue weighted by molar-refractivity contribution is 6.18. The Labute approximate surface area is 95.8 Å². The maximum atomic E-state index is 11.7. The molecule has 0 saturated heterocycles. The molecule has 0 atom stereocenters. The molecule has 0 heterocycles. The largest absolute Gasteiger partial charge is 0.344 e. The summed E-state index contributed by atoms with van der Waals surface area (Å²) in [6.45, 7) is 2.63. The number of alkyl halides is 1. The molecule has 0 unspecified atom stereocenters. The van der Waals surface area contributed by atoms with Crippen molar-refractivity contribution in [3.8, 4) is 0 Å². The van der Waals surface area contributed by atoms with Crippen molar-refractivity contribution in [1.29, 1.82) is 0 Å². The molecular weight excluding hydrogens is 210 g/mol. The van der Waals surface area contributed by atoms with Crippen LogP contribution in [0.1, 0.15) is 11.1 Å². The van der Waals surface area contributed by atoms with E-state index in [0.29, 0.717) is 18.8 Å². The molecule has 0 saturated carbocycles. The molecule has 0 aromatic heterocycles. The second-order valence-corrected chi connectivity index (χ2v) is 4.05. The molecule has 0 bridgehead atoms. The number of halogens is 1. The van der Waals surface area contributed by atoms with E-state index in [1.165, 1.54) is 5.56 Å². The summed E-state index contributed by atoms with van der Waals surface area (Å²) < 4.78 is 0. The second kappa shape index (κ2) is 5.76. The first-order valence-electron chi connectivity index (χ1n) is 4.99. The van der Waals surface area contributed by atoms with Crippen molar-refractivity contribution in [3.63, 3.8) is 0 Å². The summed E-state index contributed by atoms with van der Waals surface area (Å²) in [6, 6.07) is 8.00. The van der Waals surface area contributed by atoms with Crippen LogP contribution in [0, 0.1) is 6.92 Å².